The molecule has 0 bridgehead atoms. The second-order valence-corrected chi connectivity index (χ2v) is 7.29. The molecule has 0 aliphatic heterocycles. The van der Waals surface area contributed by atoms with Crippen molar-refractivity contribution in [2.75, 3.05) is 20.6 Å². The Labute approximate surface area is 148 Å². The summed E-state index contributed by atoms with van der Waals surface area (Å²) >= 11 is 1.71. The van der Waals surface area contributed by atoms with Crippen LogP contribution in [0.1, 0.15) is 27.9 Å². The van der Waals surface area contributed by atoms with Gasteiger partial charge in [-0.3, -0.25) is 0 Å². The first-order valence-electron chi connectivity index (χ1n) is 8.23. The Morgan fingerprint density at radius 1 is 1.25 bits per heavy atom. The summed E-state index contributed by atoms with van der Waals surface area (Å²) in [6, 6.07) is 8.59. The number of hydrogen-bond acceptors (Lipinski definition) is 4. The van der Waals surface area contributed by atoms with E-state index in [1.807, 2.05) is 6.20 Å². The minimum absolute atomic E-state index is 0.660. The van der Waals surface area contributed by atoms with E-state index in [4.69, 9.17) is 0 Å². The zero-order valence-corrected chi connectivity index (χ0v) is 15.8. The first-order valence-corrected chi connectivity index (χ1v) is 9.04. The van der Waals surface area contributed by atoms with Crippen LogP contribution in [0.15, 0.2) is 35.5 Å². The number of aliphatic imine (C=N–C) groups is 1. The highest BCUT2D eigenvalue weighted by Gasteiger charge is 2.02. The molecule has 2 aromatic rings. The molecule has 130 valence electrons. The van der Waals surface area contributed by atoms with Gasteiger partial charge in [-0.15, -0.1) is 11.3 Å². The van der Waals surface area contributed by atoms with Crippen LogP contribution < -0.4 is 10.6 Å². The molecule has 0 saturated heterocycles. The molecule has 0 radical (unpaired) electrons. The normalized spacial score (nSPS) is 11.8. The third-order valence-electron chi connectivity index (χ3n) is 3.33. The number of thiazole rings is 1. The summed E-state index contributed by atoms with van der Waals surface area (Å²) in [5.74, 6) is 0.823. The lowest BCUT2D eigenvalue weighted by Crippen LogP contribution is -2.36. The van der Waals surface area contributed by atoms with E-state index in [9.17, 15) is 0 Å². The predicted octanol–water partition coefficient (Wildman–Crippen LogP) is 2.77. The molecule has 1 aromatic carbocycles. The highest BCUT2D eigenvalue weighted by molar-refractivity contribution is 7.11. The molecular weight excluding hydrogens is 318 g/mol. The van der Waals surface area contributed by atoms with Gasteiger partial charge in [0.05, 0.1) is 13.1 Å². The summed E-state index contributed by atoms with van der Waals surface area (Å²) in [6.45, 7) is 7.28. The van der Waals surface area contributed by atoms with E-state index in [2.05, 4.69) is 77.7 Å². The first kappa shape index (κ1) is 18.4. The van der Waals surface area contributed by atoms with Crippen molar-refractivity contribution in [3.8, 4) is 0 Å². The highest BCUT2D eigenvalue weighted by Crippen LogP contribution is 2.11. The average Bonchev–Trinajstić information content (AvgIpc) is 2.95. The molecule has 0 fully saturated rings. The fraction of sp³-hybridized carbons (Fsp3) is 0.444. The average molecular weight is 346 g/mol. The quantitative estimate of drug-likeness (QED) is 0.598. The van der Waals surface area contributed by atoms with Gasteiger partial charge < -0.3 is 15.5 Å². The Kier molecular flexibility index (Phi) is 7.21. The van der Waals surface area contributed by atoms with E-state index >= 15 is 0 Å². The molecule has 5 nitrogen and oxygen atoms in total. The lowest BCUT2D eigenvalue weighted by atomic mass is 10.1. The number of nitrogens with zero attached hydrogens (tertiary/aromatic N) is 3. The van der Waals surface area contributed by atoms with Crippen LogP contribution >= 0.6 is 11.3 Å². The molecule has 2 rings (SSSR count). The fourth-order valence-corrected chi connectivity index (χ4v) is 3.07. The van der Waals surface area contributed by atoms with Crippen molar-refractivity contribution < 1.29 is 0 Å². The minimum Gasteiger partial charge on any atom is -0.357 e. The molecule has 1 aromatic heterocycles. The third kappa shape index (κ3) is 6.29. The van der Waals surface area contributed by atoms with Crippen LogP contribution in [0.4, 0.5) is 0 Å². The SMILES string of the molecule is CCNC(=NCc1cccc(CN(C)C)c1)NCc1ncc(C)s1. The van der Waals surface area contributed by atoms with E-state index < -0.39 is 0 Å². The van der Waals surface area contributed by atoms with Gasteiger partial charge in [-0.1, -0.05) is 24.3 Å². The lowest BCUT2D eigenvalue weighted by Gasteiger charge is -2.12. The molecule has 6 heteroatoms. The number of nitrogens with one attached hydrogen (secondary N) is 2. The molecule has 0 unspecified atom stereocenters. The molecule has 0 aliphatic carbocycles. The maximum atomic E-state index is 4.68. The van der Waals surface area contributed by atoms with Crippen molar-refractivity contribution in [3.63, 3.8) is 0 Å². The van der Waals surface area contributed by atoms with Gasteiger partial charge in [-0.05, 0) is 39.1 Å². The number of hydrogen-bond donors (Lipinski definition) is 2. The number of benzene rings is 1. The largest absolute Gasteiger partial charge is 0.357 e. The zero-order valence-electron chi connectivity index (χ0n) is 15.0. The fourth-order valence-electron chi connectivity index (χ4n) is 2.35. The van der Waals surface area contributed by atoms with Gasteiger partial charge >= 0.3 is 0 Å². The Balaban J connectivity index is 1.97. The molecule has 2 N–H and O–H groups in total. The molecule has 1 heterocycles. The van der Waals surface area contributed by atoms with Gasteiger partial charge in [0.2, 0.25) is 0 Å². The van der Waals surface area contributed by atoms with Crippen LogP contribution in [0, 0.1) is 6.92 Å². The van der Waals surface area contributed by atoms with Crippen molar-refractivity contribution in [2.45, 2.75) is 33.5 Å². The molecule has 0 amide bonds. The zero-order chi connectivity index (χ0) is 17.4. The number of aromatic nitrogens is 1. The van der Waals surface area contributed by atoms with Crippen molar-refractivity contribution >= 4 is 17.3 Å². The van der Waals surface area contributed by atoms with Crippen molar-refractivity contribution in [1.29, 1.82) is 0 Å². The van der Waals surface area contributed by atoms with Crippen LogP contribution in [0.2, 0.25) is 0 Å². The van der Waals surface area contributed by atoms with E-state index in [1.165, 1.54) is 16.0 Å². The van der Waals surface area contributed by atoms with Crippen molar-refractivity contribution in [2.24, 2.45) is 4.99 Å². The maximum absolute atomic E-state index is 4.68. The van der Waals surface area contributed by atoms with Crippen molar-refractivity contribution in [3.05, 3.63) is 51.5 Å². The predicted molar refractivity (Wildman–Crippen MR) is 102 cm³/mol. The van der Waals surface area contributed by atoms with Crippen LogP contribution in [0.5, 0.6) is 0 Å². The van der Waals surface area contributed by atoms with Gasteiger partial charge in [0.15, 0.2) is 5.96 Å². The van der Waals surface area contributed by atoms with E-state index in [0.717, 1.165) is 24.1 Å². The minimum atomic E-state index is 0.660. The Bertz CT molecular complexity index is 663. The molecule has 0 spiro atoms. The molecule has 0 saturated carbocycles. The van der Waals surface area contributed by atoms with Gasteiger partial charge in [0.1, 0.15) is 5.01 Å². The summed E-state index contributed by atoms with van der Waals surface area (Å²) in [5.41, 5.74) is 2.53. The van der Waals surface area contributed by atoms with Gasteiger partial charge in [0, 0.05) is 24.2 Å². The Morgan fingerprint density at radius 3 is 2.71 bits per heavy atom. The van der Waals surface area contributed by atoms with Crippen LogP contribution in [-0.2, 0) is 19.6 Å². The lowest BCUT2D eigenvalue weighted by molar-refractivity contribution is 0.402. The topological polar surface area (TPSA) is 52.6 Å². The Morgan fingerprint density at radius 2 is 2.04 bits per heavy atom. The second kappa shape index (κ2) is 9.39. The van der Waals surface area contributed by atoms with Gasteiger partial charge in [0.25, 0.3) is 0 Å². The summed E-state index contributed by atoms with van der Waals surface area (Å²) in [4.78, 5) is 12.5. The van der Waals surface area contributed by atoms with E-state index in [1.54, 1.807) is 11.3 Å². The summed E-state index contributed by atoms with van der Waals surface area (Å²) in [7, 11) is 4.16. The third-order valence-corrected chi connectivity index (χ3v) is 4.24. The highest BCUT2D eigenvalue weighted by atomic mass is 32.1. The second-order valence-electron chi connectivity index (χ2n) is 5.97. The molecular formula is C18H27N5S. The summed E-state index contributed by atoms with van der Waals surface area (Å²) in [6.07, 6.45) is 1.90. The summed E-state index contributed by atoms with van der Waals surface area (Å²) in [5, 5.41) is 7.71. The van der Waals surface area contributed by atoms with E-state index in [0.29, 0.717) is 13.1 Å². The van der Waals surface area contributed by atoms with E-state index in [-0.39, 0.29) is 0 Å². The molecule has 24 heavy (non-hydrogen) atoms. The molecule has 0 aliphatic rings. The van der Waals surface area contributed by atoms with Crippen LogP contribution in [-0.4, -0.2) is 36.5 Å². The standard InChI is InChI=1S/C18H27N5S/c1-5-19-18(22-12-17-20-10-14(2)24-17)21-11-15-7-6-8-16(9-15)13-23(3)4/h6-10H,5,11-13H2,1-4H3,(H2,19,21,22). The summed E-state index contributed by atoms with van der Waals surface area (Å²) < 4.78 is 0. The number of aryl methyl sites for hydroxylation is 1. The first-order chi connectivity index (χ1) is 11.6. The van der Waals surface area contributed by atoms with Gasteiger partial charge in [-0.2, -0.15) is 0 Å². The van der Waals surface area contributed by atoms with Crippen LogP contribution in [0.3, 0.4) is 0 Å². The maximum Gasteiger partial charge on any atom is 0.191 e. The number of guanidine groups is 1. The molecule has 0 atom stereocenters. The van der Waals surface area contributed by atoms with Crippen molar-refractivity contribution in [1.82, 2.24) is 20.5 Å². The smallest absolute Gasteiger partial charge is 0.191 e. The Hall–Kier alpha value is -1.92. The monoisotopic (exact) mass is 345 g/mol. The number of rotatable bonds is 7. The van der Waals surface area contributed by atoms with Crippen LogP contribution in [0.25, 0.3) is 0 Å². The van der Waals surface area contributed by atoms with Gasteiger partial charge in [-0.25, -0.2) is 9.98 Å².